The van der Waals surface area contributed by atoms with Gasteiger partial charge in [0, 0.05) is 43.7 Å². The van der Waals surface area contributed by atoms with E-state index in [1.807, 2.05) is 19.0 Å². The molecule has 6 N–H and O–H groups in total. The van der Waals surface area contributed by atoms with Crippen molar-refractivity contribution in [1.82, 2.24) is 4.90 Å². The van der Waals surface area contributed by atoms with E-state index in [4.69, 9.17) is 5.73 Å². The van der Waals surface area contributed by atoms with Crippen LogP contribution in [0.4, 0.5) is 5.69 Å². The molecular formula is C31H35N3O7. The molecule has 5 rings (SSSR count). The Morgan fingerprint density at radius 2 is 1.85 bits per heavy atom. The van der Waals surface area contributed by atoms with Crippen LogP contribution in [0.5, 0.6) is 5.75 Å². The predicted octanol–water partition coefficient (Wildman–Crippen LogP) is 1.74. The molecule has 0 heterocycles. The number of aliphatic hydroxyl groups excluding tert-OH is 2. The monoisotopic (exact) mass is 561 g/mol. The number of rotatable bonds is 4. The zero-order valence-electron chi connectivity index (χ0n) is 23.6. The first kappa shape index (κ1) is 28.5. The summed E-state index contributed by atoms with van der Waals surface area (Å²) in [6, 6.07) is 1.75. The Balaban J connectivity index is 1.71. The molecule has 0 saturated heterocycles. The summed E-state index contributed by atoms with van der Waals surface area (Å²) in [5.74, 6) is -1.51. The van der Waals surface area contributed by atoms with Crippen LogP contribution in [0.3, 0.4) is 0 Å². The largest absolute Gasteiger partial charge is 0.508 e. The van der Waals surface area contributed by atoms with E-state index in [0.717, 1.165) is 24.8 Å². The molecule has 1 aromatic rings. The molecule has 0 aliphatic heterocycles. The first-order chi connectivity index (χ1) is 19.3. The number of anilines is 1. The molecule has 1 aromatic carbocycles. The number of primary amides is 1. The van der Waals surface area contributed by atoms with Gasteiger partial charge in [0.2, 0.25) is 5.78 Å². The number of nitrogens with two attached hydrogens (primary N) is 1. The number of amides is 1. The van der Waals surface area contributed by atoms with Crippen LogP contribution in [0.15, 0.2) is 34.6 Å². The second-order valence-electron chi connectivity index (χ2n) is 11.8. The van der Waals surface area contributed by atoms with E-state index >= 15 is 0 Å². The Hall–Kier alpha value is -4.07. The van der Waals surface area contributed by atoms with Crippen molar-refractivity contribution in [2.75, 3.05) is 39.6 Å². The van der Waals surface area contributed by atoms with E-state index in [1.54, 1.807) is 25.1 Å². The number of allylic oxidation sites excluding steroid dienone is 2. The highest BCUT2D eigenvalue weighted by Gasteiger charge is 2.63. The van der Waals surface area contributed by atoms with Crippen molar-refractivity contribution in [2.45, 2.75) is 37.7 Å². The zero-order valence-corrected chi connectivity index (χ0v) is 23.6. The molecule has 10 nitrogen and oxygen atoms in total. The number of benzene rings is 1. The van der Waals surface area contributed by atoms with Gasteiger partial charge < -0.3 is 36.0 Å². The van der Waals surface area contributed by atoms with Crippen LogP contribution in [0, 0.1) is 29.6 Å². The Morgan fingerprint density at radius 1 is 1.15 bits per heavy atom. The summed E-state index contributed by atoms with van der Waals surface area (Å²) < 4.78 is 0. The van der Waals surface area contributed by atoms with Crippen molar-refractivity contribution in [3.8, 4) is 17.6 Å². The van der Waals surface area contributed by atoms with Gasteiger partial charge >= 0.3 is 0 Å². The SMILES string of the molecule is CN(C)C[C@@H]1C(=O)C(C(N)=O)=C(O)[C@@]2(O)C(=O)C3=C(O)c4c(O)c(C#CC5=CCCC5)cc(N(C)C)c4C[C@H]3C[C@@H]12. The Bertz CT molecular complexity index is 1540. The van der Waals surface area contributed by atoms with Gasteiger partial charge in [0.25, 0.3) is 5.91 Å². The zero-order chi connectivity index (χ0) is 30.0. The van der Waals surface area contributed by atoms with Crippen molar-refractivity contribution in [3.63, 3.8) is 0 Å². The third-order valence-corrected chi connectivity index (χ3v) is 8.76. The van der Waals surface area contributed by atoms with Crippen molar-refractivity contribution in [3.05, 3.63) is 51.3 Å². The lowest BCUT2D eigenvalue weighted by atomic mass is 9.56. The van der Waals surface area contributed by atoms with Crippen LogP contribution in [-0.4, -0.2) is 83.1 Å². The summed E-state index contributed by atoms with van der Waals surface area (Å²) in [6.45, 7) is 0.0969. The van der Waals surface area contributed by atoms with Crippen LogP contribution < -0.4 is 10.6 Å². The fraction of sp³-hybridized carbons (Fsp3) is 0.452. The normalized spacial score (nSPS) is 27.2. The summed E-state index contributed by atoms with van der Waals surface area (Å²) >= 11 is 0. The molecule has 41 heavy (non-hydrogen) atoms. The number of aromatic hydroxyl groups is 1. The number of nitrogens with zero attached hydrogens (tertiary/aromatic N) is 2. The molecule has 0 aromatic heterocycles. The van der Waals surface area contributed by atoms with Crippen molar-refractivity contribution >= 4 is 28.9 Å². The summed E-state index contributed by atoms with van der Waals surface area (Å²) in [4.78, 5) is 43.2. The summed E-state index contributed by atoms with van der Waals surface area (Å²) in [5, 5.41) is 45.8. The fourth-order valence-electron chi connectivity index (χ4n) is 6.86. The molecular weight excluding hydrogens is 526 g/mol. The molecule has 0 bridgehead atoms. The Labute approximate surface area is 238 Å². The van der Waals surface area contributed by atoms with Crippen molar-refractivity contribution in [2.24, 2.45) is 23.5 Å². The van der Waals surface area contributed by atoms with Gasteiger partial charge in [-0.3, -0.25) is 14.4 Å². The average Bonchev–Trinajstić information content (AvgIpc) is 3.41. The minimum atomic E-state index is -2.65. The van der Waals surface area contributed by atoms with E-state index in [-0.39, 0.29) is 41.8 Å². The van der Waals surface area contributed by atoms with Crippen molar-refractivity contribution in [1.29, 1.82) is 0 Å². The van der Waals surface area contributed by atoms with Gasteiger partial charge in [-0.2, -0.15) is 0 Å². The maximum absolute atomic E-state index is 14.1. The van der Waals surface area contributed by atoms with E-state index in [2.05, 4.69) is 17.9 Å². The minimum Gasteiger partial charge on any atom is -0.508 e. The number of ketones is 2. The maximum atomic E-state index is 14.1. The maximum Gasteiger partial charge on any atom is 0.255 e. The van der Waals surface area contributed by atoms with Crippen molar-refractivity contribution < 1.29 is 34.8 Å². The number of fused-ring (bicyclic) bond motifs is 3. The van der Waals surface area contributed by atoms with E-state index in [9.17, 15) is 34.8 Å². The lowest BCUT2D eigenvalue weighted by molar-refractivity contribution is -0.153. The van der Waals surface area contributed by atoms with E-state index in [0.29, 0.717) is 11.3 Å². The summed E-state index contributed by atoms with van der Waals surface area (Å²) in [7, 11) is 7.07. The Morgan fingerprint density at radius 3 is 2.44 bits per heavy atom. The third-order valence-electron chi connectivity index (χ3n) is 8.76. The topological polar surface area (TPSA) is 165 Å². The average molecular weight is 562 g/mol. The molecule has 0 spiro atoms. The third kappa shape index (κ3) is 4.31. The number of carbonyl (C=O) groups excluding carboxylic acids is 3. The van der Waals surface area contributed by atoms with Crippen LogP contribution >= 0.6 is 0 Å². The molecule has 216 valence electrons. The van der Waals surface area contributed by atoms with Gasteiger partial charge in [0.1, 0.15) is 22.8 Å². The molecule has 0 radical (unpaired) electrons. The molecule has 1 amide bonds. The number of phenols is 1. The van der Waals surface area contributed by atoms with Crippen LogP contribution in [0.25, 0.3) is 5.76 Å². The van der Waals surface area contributed by atoms with E-state index in [1.165, 1.54) is 0 Å². The molecule has 1 saturated carbocycles. The molecule has 10 heteroatoms. The first-order valence-corrected chi connectivity index (χ1v) is 13.7. The Kier molecular flexibility index (Phi) is 7.00. The number of phenolic OH excluding ortho intramolecular Hbond substituents is 1. The molecule has 4 atom stereocenters. The number of aliphatic hydroxyl groups is 3. The summed E-state index contributed by atoms with van der Waals surface area (Å²) in [5.41, 5.74) is 4.37. The number of hydrogen-bond acceptors (Lipinski definition) is 9. The highest BCUT2D eigenvalue weighted by molar-refractivity contribution is 6.23. The van der Waals surface area contributed by atoms with Gasteiger partial charge in [-0.25, -0.2) is 0 Å². The smallest absolute Gasteiger partial charge is 0.255 e. The molecule has 4 aliphatic carbocycles. The van der Waals surface area contributed by atoms with E-state index < -0.39 is 57.9 Å². The van der Waals surface area contributed by atoms with Gasteiger partial charge in [-0.05, 0) is 69.3 Å². The van der Waals surface area contributed by atoms with Gasteiger partial charge in [0.05, 0.1) is 11.1 Å². The van der Waals surface area contributed by atoms with Gasteiger partial charge in [0.15, 0.2) is 11.4 Å². The van der Waals surface area contributed by atoms with Gasteiger partial charge in [-0.15, -0.1) is 0 Å². The minimum absolute atomic E-state index is 0.0397. The quantitative estimate of drug-likeness (QED) is 0.272. The number of Topliss-reactive ketones (excluding diaryl/α,β-unsaturated/α-hetero) is 2. The molecule has 4 aliphatic rings. The number of carbonyl (C=O) groups is 3. The highest BCUT2D eigenvalue weighted by atomic mass is 16.3. The second-order valence-corrected chi connectivity index (χ2v) is 11.8. The lowest BCUT2D eigenvalue weighted by Crippen LogP contribution is -2.62. The molecule has 1 fully saturated rings. The second kappa shape index (κ2) is 10.1. The fourth-order valence-corrected chi connectivity index (χ4v) is 6.86. The van der Waals surface area contributed by atoms with Gasteiger partial charge in [-0.1, -0.05) is 17.9 Å². The lowest BCUT2D eigenvalue weighted by Gasteiger charge is -2.49. The predicted molar refractivity (Wildman–Crippen MR) is 152 cm³/mol. The summed E-state index contributed by atoms with van der Waals surface area (Å²) in [6.07, 6.45) is 5.15. The number of hydrogen-bond donors (Lipinski definition) is 5. The molecule has 0 unspecified atom stereocenters. The standard InChI is InChI=1S/C31H35N3O7/c1-33(2)14-19-20-12-17-11-18-21(34(3)4)13-16(10-9-15-7-5-6-8-15)25(35)23(18)27(37)22(17)28(38)31(20,41)29(39)24(26(19)36)30(32)40/h7,13,17,19-20,35,37,39,41H,5-6,8,11-12,14H2,1-4H3,(H2,32,40)/t17-,19-,20-,31-/m0/s1. The van der Waals surface area contributed by atoms with Crippen LogP contribution in [0.2, 0.25) is 0 Å². The highest BCUT2D eigenvalue weighted by Crippen LogP contribution is 2.54. The van der Waals surface area contributed by atoms with Crippen LogP contribution in [-0.2, 0) is 20.8 Å². The first-order valence-electron chi connectivity index (χ1n) is 13.7. The van der Waals surface area contributed by atoms with Crippen LogP contribution in [0.1, 0.15) is 42.4 Å².